The van der Waals surface area contributed by atoms with Crippen LogP contribution in [0.1, 0.15) is 10.5 Å². The second-order valence-corrected chi connectivity index (χ2v) is 5.71. The molecule has 5 nitrogen and oxygen atoms in total. The van der Waals surface area contributed by atoms with Crippen molar-refractivity contribution in [2.75, 3.05) is 0 Å². The van der Waals surface area contributed by atoms with Gasteiger partial charge >= 0.3 is 0 Å². The number of nitrogens with zero attached hydrogens (tertiary/aromatic N) is 4. The zero-order valence-corrected chi connectivity index (χ0v) is 12.8. The van der Waals surface area contributed by atoms with Gasteiger partial charge in [0, 0.05) is 19.3 Å². The minimum Gasteiger partial charge on any atom is -0.302 e. The number of hydrogen-bond donors (Lipinski definition) is 0. The summed E-state index contributed by atoms with van der Waals surface area (Å²) in [6.45, 7) is 0.0108. The van der Waals surface area contributed by atoms with Gasteiger partial charge in [0.1, 0.15) is 5.82 Å². The maximum absolute atomic E-state index is 14.0. The van der Waals surface area contributed by atoms with E-state index >= 15 is 0 Å². The molecule has 0 fully saturated rings. The largest absolute Gasteiger partial charge is 0.302 e. The van der Waals surface area contributed by atoms with E-state index in [0.717, 1.165) is 17.4 Å². The number of aromatic nitrogens is 3. The molecule has 0 aliphatic heterocycles. The molecule has 0 aliphatic carbocycles. The molecule has 23 heavy (non-hydrogen) atoms. The SMILES string of the molecule is C#CCn1c(=NC(=O)c2ccn(C)n2)sc2cc(F)cc(F)c21. The predicted molar refractivity (Wildman–Crippen MR) is 81.7 cm³/mol. The van der Waals surface area contributed by atoms with Gasteiger partial charge in [0.15, 0.2) is 16.3 Å². The molecule has 116 valence electrons. The van der Waals surface area contributed by atoms with Crippen molar-refractivity contribution >= 4 is 27.5 Å². The molecular formula is C15H10F2N4OS. The fourth-order valence-electron chi connectivity index (χ4n) is 2.13. The topological polar surface area (TPSA) is 52.2 Å². The number of hydrogen-bond acceptors (Lipinski definition) is 3. The number of halogens is 2. The van der Waals surface area contributed by atoms with Crippen molar-refractivity contribution in [3.63, 3.8) is 0 Å². The Morgan fingerprint density at radius 1 is 1.48 bits per heavy atom. The van der Waals surface area contributed by atoms with Gasteiger partial charge in [-0.3, -0.25) is 9.48 Å². The number of thiazole rings is 1. The lowest BCUT2D eigenvalue weighted by Crippen LogP contribution is -2.17. The van der Waals surface area contributed by atoms with E-state index in [-0.39, 0.29) is 22.6 Å². The number of aryl methyl sites for hydroxylation is 1. The van der Waals surface area contributed by atoms with E-state index in [0.29, 0.717) is 4.70 Å². The number of carbonyl (C=O) groups excluding carboxylic acids is 1. The molecule has 3 aromatic rings. The van der Waals surface area contributed by atoms with Crippen molar-refractivity contribution in [3.8, 4) is 12.3 Å². The molecule has 0 spiro atoms. The maximum Gasteiger partial charge on any atom is 0.300 e. The Labute approximate surface area is 133 Å². The standard InChI is InChI=1S/C15H10F2N4OS/c1-3-5-21-13-10(17)7-9(16)8-12(13)23-15(21)18-14(22)11-4-6-20(2)19-11/h1,4,6-8H,5H2,2H3. The van der Waals surface area contributed by atoms with Gasteiger partial charge in [-0.2, -0.15) is 10.1 Å². The highest BCUT2D eigenvalue weighted by atomic mass is 32.1. The fourth-order valence-corrected chi connectivity index (χ4v) is 3.19. The zero-order chi connectivity index (χ0) is 16.6. The summed E-state index contributed by atoms with van der Waals surface area (Å²) >= 11 is 0.987. The first-order valence-electron chi connectivity index (χ1n) is 6.50. The summed E-state index contributed by atoms with van der Waals surface area (Å²) in [5.41, 5.74) is 0.283. The smallest absolute Gasteiger partial charge is 0.300 e. The van der Waals surface area contributed by atoms with Crippen LogP contribution in [0.5, 0.6) is 0 Å². The molecule has 2 heterocycles. The van der Waals surface area contributed by atoms with Crippen LogP contribution in [0.3, 0.4) is 0 Å². The minimum atomic E-state index is -0.752. The van der Waals surface area contributed by atoms with Gasteiger partial charge in [-0.15, -0.1) is 6.42 Å². The van der Waals surface area contributed by atoms with E-state index in [9.17, 15) is 13.6 Å². The summed E-state index contributed by atoms with van der Waals surface area (Å²) in [5.74, 6) is 0.346. The number of fused-ring (bicyclic) bond motifs is 1. The third-order valence-electron chi connectivity index (χ3n) is 3.07. The summed E-state index contributed by atoms with van der Waals surface area (Å²) in [7, 11) is 1.67. The number of amides is 1. The van der Waals surface area contributed by atoms with Crippen LogP contribution in [0.25, 0.3) is 10.2 Å². The van der Waals surface area contributed by atoms with Crippen molar-refractivity contribution in [2.45, 2.75) is 6.54 Å². The van der Waals surface area contributed by atoms with Crippen molar-refractivity contribution in [3.05, 3.63) is 46.5 Å². The van der Waals surface area contributed by atoms with Crippen LogP contribution in [0.4, 0.5) is 8.78 Å². The molecule has 0 bridgehead atoms. The Morgan fingerprint density at radius 3 is 2.91 bits per heavy atom. The van der Waals surface area contributed by atoms with Crippen molar-refractivity contribution < 1.29 is 13.6 Å². The molecule has 0 aliphatic rings. The molecule has 1 aromatic carbocycles. The monoisotopic (exact) mass is 332 g/mol. The highest BCUT2D eigenvalue weighted by Crippen LogP contribution is 2.22. The van der Waals surface area contributed by atoms with Crippen LogP contribution in [-0.4, -0.2) is 20.3 Å². The third kappa shape index (κ3) is 2.78. The Balaban J connectivity index is 2.22. The molecule has 0 saturated heterocycles. The third-order valence-corrected chi connectivity index (χ3v) is 4.10. The quantitative estimate of drug-likeness (QED) is 0.675. The predicted octanol–water partition coefficient (Wildman–Crippen LogP) is 2.09. The first kappa shape index (κ1) is 15.1. The molecule has 0 atom stereocenters. The van der Waals surface area contributed by atoms with Crippen LogP contribution in [0.2, 0.25) is 0 Å². The van der Waals surface area contributed by atoms with Crippen molar-refractivity contribution in [1.82, 2.24) is 14.3 Å². The van der Waals surface area contributed by atoms with Crippen LogP contribution in [0, 0.1) is 24.0 Å². The van der Waals surface area contributed by atoms with Crippen molar-refractivity contribution in [2.24, 2.45) is 12.0 Å². The highest BCUT2D eigenvalue weighted by Gasteiger charge is 2.14. The zero-order valence-electron chi connectivity index (χ0n) is 12.0. The fraction of sp³-hybridized carbons (Fsp3) is 0.133. The molecule has 0 unspecified atom stereocenters. The van der Waals surface area contributed by atoms with Gasteiger partial charge in [0.2, 0.25) is 0 Å². The lowest BCUT2D eigenvalue weighted by molar-refractivity contribution is 0.0992. The first-order valence-corrected chi connectivity index (χ1v) is 7.32. The Morgan fingerprint density at radius 2 is 2.26 bits per heavy atom. The Bertz CT molecular complexity index is 1020. The lowest BCUT2D eigenvalue weighted by Gasteiger charge is -2.00. The second-order valence-electron chi connectivity index (χ2n) is 4.70. The molecule has 0 radical (unpaired) electrons. The minimum absolute atomic E-state index is 0.0108. The van der Waals surface area contributed by atoms with E-state index in [2.05, 4.69) is 16.0 Å². The van der Waals surface area contributed by atoms with Gasteiger partial charge < -0.3 is 4.57 Å². The van der Waals surface area contributed by atoms with E-state index in [4.69, 9.17) is 6.42 Å². The second kappa shape index (κ2) is 5.78. The summed E-state index contributed by atoms with van der Waals surface area (Å²) in [5, 5.41) is 3.96. The molecule has 3 rings (SSSR count). The molecule has 1 amide bonds. The molecule has 0 saturated carbocycles. The van der Waals surface area contributed by atoms with Gasteiger partial charge in [-0.05, 0) is 12.1 Å². The summed E-state index contributed by atoms with van der Waals surface area (Å²) < 4.78 is 30.6. The van der Waals surface area contributed by atoms with Gasteiger partial charge in [-0.25, -0.2) is 8.78 Å². The number of terminal acetylenes is 1. The van der Waals surface area contributed by atoms with E-state index in [1.807, 2.05) is 0 Å². The van der Waals surface area contributed by atoms with E-state index in [1.165, 1.54) is 21.4 Å². The first-order chi connectivity index (χ1) is 11.0. The lowest BCUT2D eigenvalue weighted by atomic mass is 10.3. The summed E-state index contributed by atoms with van der Waals surface area (Å²) in [6.07, 6.45) is 6.91. The average molecular weight is 332 g/mol. The average Bonchev–Trinajstić information content (AvgIpc) is 3.04. The summed E-state index contributed by atoms with van der Waals surface area (Å²) in [6, 6.07) is 3.47. The van der Waals surface area contributed by atoms with Crippen molar-refractivity contribution in [1.29, 1.82) is 0 Å². The van der Waals surface area contributed by atoms with Gasteiger partial charge in [0.25, 0.3) is 5.91 Å². The van der Waals surface area contributed by atoms with E-state index < -0.39 is 17.5 Å². The molecular weight excluding hydrogens is 322 g/mol. The van der Waals surface area contributed by atoms with Crippen LogP contribution in [0.15, 0.2) is 29.4 Å². The number of benzene rings is 1. The molecule has 0 N–H and O–H groups in total. The molecule has 8 heteroatoms. The Kier molecular flexibility index (Phi) is 3.80. The van der Waals surface area contributed by atoms with Gasteiger partial charge in [-0.1, -0.05) is 17.3 Å². The van der Waals surface area contributed by atoms with Crippen LogP contribution in [-0.2, 0) is 13.6 Å². The van der Waals surface area contributed by atoms with Crippen LogP contribution < -0.4 is 4.80 Å². The highest BCUT2D eigenvalue weighted by molar-refractivity contribution is 7.16. The number of rotatable bonds is 2. The van der Waals surface area contributed by atoms with Crippen LogP contribution >= 0.6 is 11.3 Å². The van der Waals surface area contributed by atoms with Gasteiger partial charge in [0.05, 0.1) is 16.8 Å². The summed E-state index contributed by atoms with van der Waals surface area (Å²) in [4.78, 5) is 16.3. The Hall–Kier alpha value is -2.79. The normalized spacial score (nSPS) is 11.8. The maximum atomic E-state index is 14.0. The number of carbonyl (C=O) groups is 1. The molecule has 2 aromatic heterocycles. The van der Waals surface area contributed by atoms with E-state index in [1.54, 1.807) is 13.2 Å².